The fourth-order valence-electron chi connectivity index (χ4n) is 4.30. The highest BCUT2D eigenvalue weighted by atomic mass is 35.5. The summed E-state index contributed by atoms with van der Waals surface area (Å²) < 4.78 is 5.80. The molecular formula is C25H27ClN4O5. The zero-order chi connectivity index (χ0) is 25.5. The molecule has 2 heterocycles. The van der Waals surface area contributed by atoms with Gasteiger partial charge in [-0.1, -0.05) is 37.5 Å². The van der Waals surface area contributed by atoms with Crippen LogP contribution in [0.15, 0.2) is 43.4 Å². The normalized spacial score (nSPS) is 14.3. The van der Waals surface area contributed by atoms with E-state index < -0.39 is 10.9 Å². The second-order valence-corrected chi connectivity index (χ2v) is 10.2. The maximum Gasteiger partial charge on any atom is 0.256 e. The molecule has 1 aromatic heterocycles. The number of amides is 1. The average Bonchev–Trinajstić information content (AvgIpc) is 3.37. The number of nitroso groups, excluding NO2 is 1. The van der Waals surface area contributed by atoms with Gasteiger partial charge in [0.05, 0.1) is 23.8 Å². The van der Waals surface area contributed by atoms with Crippen LogP contribution in [0.1, 0.15) is 60.7 Å². The maximum absolute atomic E-state index is 13.1. The summed E-state index contributed by atoms with van der Waals surface area (Å²) in [5.74, 6) is 1.13. The van der Waals surface area contributed by atoms with E-state index in [1.54, 1.807) is 17.0 Å². The van der Waals surface area contributed by atoms with Crippen LogP contribution in [0.5, 0.6) is 0 Å². The lowest BCUT2D eigenvalue weighted by Crippen LogP contribution is -2.39. The number of benzene rings is 1. The molecule has 0 radical (unpaired) electrons. The fourth-order valence-corrected chi connectivity index (χ4v) is 4.52. The van der Waals surface area contributed by atoms with Crippen molar-refractivity contribution < 1.29 is 9.21 Å². The Labute approximate surface area is 207 Å². The first-order valence-corrected chi connectivity index (χ1v) is 11.7. The third-order valence-electron chi connectivity index (χ3n) is 6.15. The zero-order valence-electron chi connectivity index (χ0n) is 20.0. The van der Waals surface area contributed by atoms with Crippen LogP contribution in [0.2, 0.25) is 5.02 Å². The molecule has 1 aliphatic rings. The number of fused-ring (bicyclic) bond motifs is 1. The number of nitrogens with one attached hydrogen (secondary N) is 2. The summed E-state index contributed by atoms with van der Waals surface area (Å²) in [4.78, 5) is 50.2. The average molecular weight is 499 g/mol. The number of hydrogen-bond acceptors (Lipinski definition) is 8. The minimum absolute atomic E-state index is 0.0912. The molecule has 2 aromatic carbocycles. The number of aryl methyl sites for hydroxylation is 1. The highest BCUT2D eigenvalue weighted by molar-refractivity contribution is 6.32. The molecule has 0 saturated carbocycles. The number of carbonyl (C=O) groups is 1. The van der Waals surface area contributed by atoms with Crippen LogP contribution in [-0.4, -0.2) is 23.9 Å². The maximum atomic E-state index is 13.1. The number of hydrogen-bond donors (Lipinski definition) is 2. The molecule has 3 aromatic rings. The van der Waals surface area contributed by atoms with E-state index in [4.69, 9.17) is 16.0 Å². The van der Waals surface area contributed by atoms with E-state index >= 15 is 0 Å². The van der Waals surface area contributed by atoms with E-state index in [2.05, 4.69) is 15.8 Å². The molecule has 2 N–H and O–H groups in total. The Bertz CT molecular complexity index is 1360. The third kappa shape index (κ3) is 4.60. The second kappa shape index (κ2) is 9.30. The van der Waals surface area contributed by atoms with Gasteiger partial charge in [0.1, 0.15) is 22.9 Å². The smallest absolute Gasteiger partial charge is 0.256 e. The summed E-state index contributed by atoms with van der Waals surface area (Å²) in [6.07, 6.45) is 0.441. The molecule has 0 bridgehead atoms. The Balaban J connectivity index is 1.65. The highest BCUT2D eigenvalue weighted by Crippen LogP contribution is 2.39. The van der Waals surface area contributed by atoms with Crippen LogP contribution in [0, 0.1) is 17.2 Å². The Kier molecular flexibility index (Phi) is 6.55. The molecule has 0 fully saturated rings. The highest BCUT2D eigenvalue weighted by Gasteiger charge is 2.35. The van der Waals surface area contributed by atoms with Gasteiger partial charge >= 0.3 is 0 Å². The molecule has 1 amide bonds. The Hall–Kier alpha value is -3.46. The first kappa shape index (κ1) is 24.7. The summed E-state index contributed by atoms with van der Waals surface area (Å²) >= 11 is 6.36. The SMILES string of the molecule is Cc1ccc([C@H](Nc2c(Nc3ccc(Cl)c4c3C(=O)N(CCCN=O)C4)c(=O)c2=O)C(C)(C)C)o1. The van der Waals surface area contributed by atoms with Crippen LogP contribution in [0.3, 0.4) is 0 Å². The van der Waals surface area contributed by atoms with E-state index in [1.165, 1.54) is 0 Å². The predicted octanol–water partition coefficient (Wildman–Crippen LogP) is 4.89. The molecule has 0 spiro atoms. The largest absolute Gasteiger partial charge is 0.464 e. The minimum Gasteiger partial charge on any atom is -0.464 e. The Morgan fingerprint density at radius 2 is 1.83 bits per heavy atom. The van der Waals surface area contributed by atoms with Gasteiger partial charge in [-0.3, -0.25) is 14.4 Å². The molecule has 35 heavy (non-hydrogen) atoms. The summed E-state index contributed by atoms with van der Waals surface area (Å²) in [5.41, 5.74) is -0.0291. The molecule has 1 aliphatic heterocycles. The molecule has 1 atom stereocenters. The van der Waals surface area contributed by atoms with Gasteiger partial charge in [-0.15, -0.1) is 0 Å². The van der Waals surface area contributed by atoms with Crippen molar-refractivity contribution in [2.24, 2.45) is 10.6 Å². The van der Waals surface area contributed by atoms with Crippen molar-refractivity contribution in [3.63, 3.8) is 0 Å². The van der Waals surface area contributed by atoms with E-state index in [0.717, 1.165) is 5.76 Å². The fraction of sp³-hybridized carbons (Fsp3) is 0.400. The minimum atomic E-state index is -0.668. The lowest BCUT2D eigenvalue weighted by Gasteiger charge is -2.31. The van der Waals surface area contributed by atoms with Gasteiger partial charge < -0.3 is 20.0 Å². The number of anilines is 3. The summed E-state index contributed by atoms with van der Waals surface area (Å²) in [7, 11) is 0. The number of rotatable bonds is 9. The summed E-state index contributed by atoms with van der Waals surface area (Å²) in [6, 6.07) is 6.58. The first-order valence-electron chi connectivity index (χ1n) is 11.4. The van der Waals surface area contributed by atoms with Gasteiger partial charge in [0.2, 0.25) is 0 Å². The number of carbonyl (C=O) groups excluding carboxylic acids is 1. The molecule has 184 valence electrons. The van der Waals surface area contributed by atoms with Crippen LogP contribution >= 0.6 is 11.6 Å². The lowest BCUT2D eigenvalue weighted by molar-refractivity contribution is 0.0778. The molecule has 0 saturated heterocycles. The van der Waals surface area contributed by atoms with Crippen molar-refractivity contribution in [3.05, 3.63) is 77.3 Å². The van der Waals surface area contributed by atoms with Crippen molar-refractivity contribution in [2.45, 2.75) is 46.7 Å². The Morgan fingerprint density at radius 3 is 2.46 bits per heavy atom. The van der Waals surface area contributed by atoms with Gasteiger partial charge in [-0.05, 0) is 43.0 Å². The van der Waals surface area contributed by atoms with Crippen molar-refractivity contribution >= 4 is 34.6 Å². The van der Waals surface area contributed by atoms with Gasteiger partial charge in [-0.2, -0.15) is 4.91 Å². The van der Waals surface area contributed by atoms with E-state index in [1.807, 2.05) is 39.8 Å². The van der Waals surface area contributed by atoms with Crippen molar-refractivity contribution in [1.29, 1.82) is 0 Å². The monoisotopic (exact) mass is 498 g/mol. The third-order valence-corrected chi connectivity index (χ3v) is 6.51. The van der Waals surface area contributed by atoms with E-state index in [0.29, 0.717) is 47.1 Å². The lowest BCUT2D eigenvalue weighted by atomic mass is 9.85. The van der Waals surface area contributed by atoms with Gasteiger partial charge in [0, 0.05) is 23.7 Å². The number of furan rings is 1. The Morgan fingerprint density at radius 1 is 1.11 bits per heavy atom. The molecule has 10 heteroatoms. The van der Waals surface area contributed by atoms with Gasteiger partial charge in [-0.25, -0.2) is 0 Å². The molecule has 0 aliphatic carbocycles. The van der Waals surface area contributed by atoms with Crippen LogP contribution < -0.4 is 21.5 Å². The van der Waals surface area contributed by atoms with Crippen LogP contribution in [-0.2, 0) is 6.54 Å². The van der Waals surface area contributed by atoms with Crippen molar-refractivity contribution in [1.82, 2.24) is 4.90 Å². The molecule has 0 unspecified atom stereocenters. The summed E-state index contributed by atoms with van der Waals surface area (Å²) in [5, 5.41) is 9.47. The molecule has 9 nitrogen and oxygen atoms in total. The standard InChI is InChI=1S/C25H27ClN4O5/c1-13-6-9-17(35-13)23(25(2,3)4)29-20-19(21(31)22(20)32)28-16-8-7-15(26)14-12-30(11-5-10-27-34)24(33)18(14)16/h6-9,23,28-29H,5,10-12H2,1-4H3/t23-/m0/s1. The van der Waals surface area contributed by atoms with Gasteiger partial charge in [0.25, 0.3) is 16.8 Å². The topological polar surface area (TPSA) is 121 Å². The predicted molar refractivity (Wildman–Crippen MR) is 135 cm³/mol. The molecule has 4 rings (SSSR count). The van der Waals surface area contributed by atoms with Crippen molar-refractivity contribution in [3.8, 4) is 0 Å². The summed E-state index contributed by atoms with van der Waals surface area (Å²) in [6.45, 7) is 8.61. The quantitative estimate of drug-likeness (QED) is 0.244. The van der Waals surface area contributed by atoms with Gasteiger partial charge in [0.15, 0.2) is 0 Å². The van der Waals surface area contributed by atoms with E-state index in [9.17, 15) is 19.3 Å². The van der Waals surface area contributed by atoms with Crippen molar-refractivity contribution in [2.75, 3.05) is 23.7 Å². The van der Waals surface area contributed by atoms with Crippen LogP contribution in [0.4, 0.5) is 17.1 Å². The number of nitrogens with zero attached hydrogens (tertiary/aromatic N) is 2. The molecular weight excluding hydrogens is 472 g/mol. The zero-order valence-corrected chi connectivity index (χ0v) is 20.8. The van der Waals surface area contributed by atoms with Crippen LogP contribution in [0.25, 0.3) is 0 Å². The number of halogens is 1. The first-order chi connectivity index (χ1) is 16.5. The van der Waals surface area contributed by atoms with E-state index in [-0.39, 0.29) is 35.3 Å². The second-order valence-electron chi connectivity index (χ2n) is 9.81.